The van der Waals surface area contributed by atoms with Crippen LogP contribution in [0.25, 0.3) is 0 Å². The minimum atomic E-state index is -0.382. The number of hydrogen-bond donors (Lipinski definition) is 0. The van der Waals surface area contributed by atoms with Gasteiger partial charge in [-0.25, -0.2) is 4.90 Å². The summed E-state index contributed by atoms with van der Waals surface area (Å²) in [5.74, 6) is -0.406. The molecule has 2 aliphatic heterocycles. The number of carbonyl (C=O) groups excluding carboxylic acids is 2. The second-order valence-corrected chi connectivity index (χ2v) is 6.57. The van der Waals surface area contributed by atoms with Gasteiger partial charge in [-0.05, 0) is 25.2 Å². The number of likely N-dealkylation sites (N-methyl/N-ethyl adjacent to an activating group) is 1. The third kappa shape index (κ3) is 2.86. The number of amides is 2. The predicted molar refractivity (Wildman–Crippen MR) is 86.4 cm³/mol. The van der Waals surface area contributed by atoms with Crippen molar-refractivity contribution in [2.45, 2.75) is 12.5 Å². The molecule has 0 bridgehead atoms. The number of halogens is 2. The topological polar surface area (TPSA) is 43.9 Å². The first kappa shape index (κ1) is 15.7. The molecule has 2 saturated heterocycles. The zero-order valence-corrected chi connectivity index (χ0v) is 13.8. The zero-order chi connectivity index (χ0) is 15.9. The van der Waals surface area contributed by atoms with Gasteiger partial charge < -0.3 is 4.90 Å². The highest BCUT2D eigenvalue weighted by molar-refractivity contribution is 6.38. The summed E-state index contributed by atoms with van der Waals surface area (Å²) in [6.07, 6.45) is 0.210. The lowest BCUT2D eigenvalue weighted by Gasteiger charge is -2.35. The second kappa shape index (κ2) is 6.16. The van der Waals surface area contributed by atoms with Gasteiger partial charge in [0.1, 0.15) is 0 Å². The van der Waals surface area contributed by atoms with Crippen LogP contribution in [0.5, 0.6) is 0 Å². The molecule has 118 valence electrons. The number of anilines is 1. The minimum absolute atomic E-state index is 0.196. The van der Waals surface area contributed by atoms with Gasteiger partial charge in [-0.1, -0.05) is 23.2 Å². The van der Waals surface area contributed by atoms with E-state index in [4.69, 9.17) is 23.2 Å². The molecule has 2 amide bonds. The van der Waals surface area contributed by atoms with Crippen molar-refractivity contribution in [3.05, 3.63) is 28.2 Å². The van der Waals surface area contributed by atoms with Crippen molar-refractivity contribution < 1.29 is 9.59 Å². The van der Waals surface area contributed by atoms with E-state index in [1.165, 1.54) is 4.90 Å². The van der Waals surface area contributed by atoms with Gasteiger partial charge in [-0.3, -0.25) is 14.5 Å². The molecule has 7 heteroatoms. The van der Waals surface area contributed by atoms with Crippen LogP contribution >= 0.6 is 23.2 Å². The van der Waals surface area contributed by atoms with E-state index in [1.54, 1.807) is 18.2 Å². The van der Waals surface area contributed by atoms with Crippen molar-refractivity contribution in [1.82, 2.24) is 9.80 Å². The Balaban J connectivity index is 1.82. The molecule has 0 spiro atoms. The average Bonchev–Trinajstić information content (AvgIpc) is 2.76. The Kier molecular flexibility index (Phi) is 4.41. The molecular weight excluding hydrogens is 325 g/mol. The van der Waals surface area contributed by atoms with Crippen LogP contribution in [0.4, 0.5) is 5.69 Å². The largest absolute Gasteiger partial charge is 0.304 e. The van der Waals surface area contributed by atoms with Gasteiger partial charge in [0.2, 0.25) is 5.91 Å². The maximum absolute atomic E-state index is 12.7. The fraction of sp³-hybridized carbons (Fsp3) is 0.467. The highest BCUT2D eigenvalue weighted by atomic mass is 35.5. The molecule has 0 N–H and O–H groups in total. The van der Waals surface area contributed by atoms with Gasteiger partial charge >= 0.3 is 0 Å². The van der Waals surface area contributed by atoms with Crippen molar-refractivity contribution in [1.29, 1.82) is 0 Å². The van der Waals surface area contributed by atoms with Crippen molar-refractivity contribution in [2.24, 2.45) is 0 Å². The predicted octanol–water partition coefficient (Wildman–Crippen LogP) is 1.87. The van der Waals surface area contributed by atoms with Crippen LogP contribution in [-0.2, 0) is 9.59 Å². The molecule has 1 aromatic rings. The number of rotatable bonds is 2. The van der Waals surface area contributed by atoms with Gasteiger partial charge in [0, 0.05) is 31.2 Å². The van der Waals surface area contributed by atoms with Crippen LogP contribution in [0.2, 0.25) is 10.0 Å². The Morgan fingerprint density at radius 3 is 2.41 bits per heavy atom. The number of imide groups is 1. The van der Waals surface area contributed by atoms with E-state index in [2.05, 4.69) is 16.8 Å². The summed E-state index contributed by atoms with van der Waals surface area (Å²) in [6, 6.07) is 4.41. The van der Waals surface area contributed by atoms with Crippen LogP contribution in [0.15, 0.2) is 18.2 Å². The average molecular weight is 342 g/mol. The zero-order valence-electron chi connectivity index (χ0n) is 12.3. The SMILES string of the molecule is CN1CCN([C@H]2CC(=O)N(c3ccc(Cl)cc3Cl)C2=O)CC1. The number of nitrogens with zero attached hydrogens (tertiary/aromatic N) is 3. The Morgan fingerprint density at radius 2 is 1.77 bits per heavy atom. The molecule has 2 aliphatic rings. The molecular formula is C15H17Cl2N3O2. The van der Waals surface area contributed by atoms with E-state index in [0.717, 1.165) is 26.2 Å². The number of piperazine rings is 1. The molecule has 2 heterocycles. The van der Waals surface area contributed by atoms with E-state index < -0.39 is 0 Å². The first-order valence-corrected chi connectivity index (χ1v) is 7.97. The van der Waals surface area contributed by atoms with Crippen LogP contribution in [-0.4, -0.2) is 60.9 Å². The summed E-state index contributed by atoms with van der Waals surface area (Å²) >= 11 is 12.0. The van der Waals surface area contributed by atoms with E-state index in [1.807, 2.05) is 0 Å². The van der Waals surface area contributed by atoms with Crippen LogP contribution in [0.1, 0.15) is 6.42 Å². The van der Waals surface area contributed by atoms with Crippen molar-refractivity contribution in [2.75, 3.05) is 38.1 Å². The van der Waals surface area contributed by atoms with Crippen LogP contribution in [0, 0.1) is 0 Å². The maximum atomic E-state index is 12.7. The summed E-state index contributed by atoms with van der Waals surface area (Å²) in [5.41, 5.74) is 0.415. The lowest BCUT2D eigenvalue weighted by atomic mass is 10.2. The highest BCUT2D eigenvalue weighted by Gasteiger charge is 2.43. The van der Waals surface area contributed by atoms with E-state index >= 15 is 0 Å². The molecule has 5 nitrogen and oxygen atoms in total. The summed E-state index contributed by atoms with van der Waals surface area (Å²) < 4.78 is 0. The van der Waals surface area contributed by atoms with Crippen molar-refractivity contribution >= 4 is 40.7 Å². The maximum Gasteiger partial charge on any atom is 0.251 e. The third-order valence-electron chi connectivity index (χ3n) is 4.25. The molecule has 0 aromatic heterocycles. The van der Waals surface area contributed by atoms with Crippen LogP contribution in [0.3, 0.4) is 0 Å². The normalized spacial score (nSPS) is 24.3. The molecule has 22 heavy (non-hydrogen) atoms. The Morgan fingerprint density at radius 1 is 1.09 bits per heavy atom. The van der Waals surface area contributed by atoms with Gasteiger partial charge in [0.05, 0.1) is 23.2 Å². The molecule has 2 fully saturated rings. The summed E-state index contributed by atoms with van der Waals surface area (Å²) in [6.45, 7) is 3.39. The van der Waals surface area contributed by atoms with E-state index in [9.17, 15) is 9.59 Å². The van der Waals surface area contributed by atoms with Gasteiger partial charge in [-0.2, -0.15) is 0 Å². The monoisotopic (exact) mass is 341 g/mol. The Labute approximate surface area is 139 Å². The third-order valence-corrected chi connectivity index (χ3v) is 4.79. The fourth-order valence-corrected chi connectivity index (χ4v) is 3.44. The standard InChI is InChI=1S/C15H17Cl2N3O2/c1-18-4-6-19(7-5-18)13-9-14(21)20(15(13)22)12-3-2-10(16)8-11(12)17/h2-3,8,13H,4-7,9H2,1H3/t13-/m0/s1. The molecule has 0 aliphatic carbocycles. The second-order valence-electron chi connectivity index (χ2n) is 5.72. The summed E-state index contributed by atoms with van der Waals surface area (Å²) in [5, 5.41) is 0.789. The number of benzene rings is 1. The number of hydrogen-bond acceptors (Lipinski definition) is 4. The quantitative estimate of drug-likeness (QED) is 0.770. The molecule has 3 rings (SSSR count). The Hall–Kier alpha value is -1.14. The number of carbonyl (C=O) groups is 2. The van der Waals surface area contributed by atoms with Crippen molar-refractivity contribution in [3.63, 3.8) is 0 Å². The molecule has 1 atom stereocenters. The molecule has 1 aromatic carbocycles. The molecule has 0 unspecified atom stereocenters. The van der Waals surface area contributed by atoms with E-state index in [0.29, 0.717) is 15.7 Å². The Bertz CT molecular complexity index is 615. The fourth-order valence-electron chi connectivity index (χ4n) is 2.95. The van der Waals surface area contributed by atoms with Crippen LogP contribution < -0.4 is 4.90 Å². The highest BCUT2D eigenvalue weighted by Crippen LogP contribution is 2.33. The first-order chi connectivity index (χ1) is 10.5. The molecule has 0 radical (unpaired) electrons. The lowest BCUT2D eigenvalue weighted by Crippen LogP contribution is -2.51. The smallest absolute Gasteiger partial charge is 0.251 e. The first-order valence-electron chi connectivity index (χ1n) is 7.22. The summed E-state index contributed by atoms with van der Waals surface area (Å²) in [4.78, 5) is 30.5. The van der Waals surface area contributed by atoms with Crippen molar-refractivity contribution in [3.8, 4) is 0 Å². The molecule has 0 saturated carbocycles. The van der Waals surface area contributed by atoms with Gasteiger partial charge in [0.25, 0.3) is 5.91 Å². The lowest BCUT2D eigenvalue weighted by molar-refractivity contribution is -0.123. The van der Waals surface area contributed by atoms with Gasteiger partial charge in [0.15, 0.2) is 0 Å². The minimum Gasteiger partial charge on any atom is -0.304 e. The van der Waals surface area contributed by atoms with Gasteiger partial charge in [-0.15, -0.1) is 0 Å². The van der Waals surface area contributed by atoms with E-state index in [-0.39, 0.29) is 24.3 Å². The summed E-state index contributed by atoms with van der Waals surface area (Å²) in [7, 11) is 2.05.